The van der Waals surface area contributed by atoms with Crippen molar-refractivity contribution in [1.29, 1.82) is 0 Å². The second-order valence-corrected chi connectivity index (χ2v) is 6.42. The number of hydrogen-bond donors (Lipinski definition) is 3. The number of carbonyl (C=O) groups excluding carboxylic acids is 2. The molecule has 148 valence electrons. The van der Waals surface area contributed by atoms with E-state index in [1.165, 1.54) is 6.07 Å². The molecule has 5 nitrogen and oxygen atoms in total. The summed E-state index contributed by atoms with van der Waals surface area (Å²) in [6.45, 7) is -0.332. The van der Waals surface area contributed by atoms with Crippen LogP contribution in [-0.4, -0.2) is 24.4 Å². The Morgan fingerprint density at radius 1 is 1.04 bits per heavy atom. The molecule has 0 aromatic heterocycles. The second kappa shape index (κ2) is 7.87. The highest BCUT2D eigenvalue weighted by Crippen LogP contribution is 2.32. The largest absolute Gasteiger partial charge is 0.419 e. The lowest BCUT2D eigenvalue weighted by molar-refractivity contribution is -0.139. The highest BCUT2D eigenvalue weighted by atomic mass is 19.4. The maximum atomic E-state index is 13.3. The van der Waals surface area contributed by atoms with Crippen LogP contribution in [0, 0.1) is 5.82 Å². The van der Waals surface area contributed by atoms with E-state index >= 15 is 0 Å². The molecule has 0 radical (unpaired) electrons. The lowest BCUT2D eigenvalue weighted by Gasteiger charge is -2.12. The van der Waals surface area contributed by atoms with Gasteiger partial charge in [0.15, 0.2) is 0 Å². The van der Waals surface area contributed by atoms with Crippen LogP contribution in [0.25, 0.3) is 0 Å². The highest BCUT2D eigenvalue weighted by molar-refractivity contribution is 5.98. The SMILES string of the molecule is O=C(CNc1ccc(F)c(C(F)(F)F)c1)Nc1cccc(C(=O)NC2CC2)c1. The number of amides is 2. The maximum absolute atomic E-state index is 13.3. The molecule has 1 aliphatic carbocycles. The number of carbonyl (C=O) groups is 2. The van der Waals surface area contributed by atoms with E-state index < -0.39 is 23.5 Å². The monoisotopic (exact) mass is 395 g/mol. The standard InChI is InChI=1S/C19H17F4N3O2/c20-16-7-6-13(9-15(16)19(21,22)23)24-10-17(27)25-14-3-1-2-11(8-14)18(28)26-12-4-5-12/h1-3,6-9,12,24H,4-5,10H2,(H,25,27)(H,26,28). The van der Waals surface area contributed by atoms with E-state index in [1.54, 1.807) is 18.2 Å². The van der Waals surface area contributed by atoms with Crippen LogP contribution >= 0.6 is 0 Å². The minimum atomic E-state index is -4.83. The number of alkyl halides is 3. The van der Waals surface area contributed by atoms with Crippen LogP contribution < -0.4 is 16.0 Å². The average molecular weight is 395 g/mol. The lowest BCUT2D eigenvalue weighted by atomic mass is 10.1. The molecule has 3 rings (SSSR count). The summed E-state index contributed by atoms with van der Waals surface area (Å²) in [4.78, 5) is 24.1. The zero-order valence-electron chi connectivity index (χ0n) is 14.6. The van der Waals surface area contributed by atoms with Crippen molar-refractivity contribution in [2.45, 2.75) is 25.1 Å². The summed E-state index contributed by atoms with van der Waals surface area (Å²) in [6, 6.07) is 8.92. The van der Waals surface area contributed by atoms with Crippen LogP contribution in [0.3, 0.4) is 0 Å². The zero-order chi connectivity index (χ0) is 20.3. The Morgan fingerprint density at radius 3 is 2.46 bits per heavy atom. The molecule has 2 amide bonds. The van der Waals surface area contributed by atoms with E-state index in [9.17, 15) is 27.2 Å². The Morgan fingerprint density at radius 2 is 1.79 bits per heavy atom. The summed E-state index contributed by atoms with van der Waals surface area (Å²) in [5, 5.41) is 7.91. The van der Waals surface area contributed by atoms with Gasteiger partial charge >= 0.3 is 6.18 Å². The molecule has 0 aliphatic heterocycles. The Bertz CT molecular complexity index is 895. The van der Waals surface area contributed by atoms with Crippen LogP contribution in [0.4, 0.5) is 28.9 Å². The average Bonchev–Trinajstić information content (AvgIpc) is 3.44. The van der Waals surface area contributed by atoms with Crippen molar-refractivity contribution in [3.63, 3.8) is 0 Å². The fourth-order valence-corrected chi connectivity index (χ4v) is 2.47. The molecule has 0 saturated heterocycles. The van der Waals surface area contributed by atoms with Crippen molar-refractivity contribution in [2.24, 2.45) is 0 Å². The lowest BCUT2D eigenvalue weighted by Crippen LogP contribution is -2.26. The van der Waals surface area contributed by atoms with Crippen molar-refractivity contribution in [3.05, 3.63) is 59.4 Å². The zero-order valence-corrected chi connectivity index (χ0v) is 14.6. The summed E-state index contributed by atoms with van der Waals surface area (Å²) in [6.07, 6.45) is -2.92. The Labute approximate surface area is 158 Å². The molecule has 1 aliphatic rings. The number of benzene rings is 2. The quantitative estimate of drug-likeness (QED) is 0.652. The first-order valence-electron chi connectivity index (χ1n) is 8.54. The van der Waals surface area contributed by atoms with E-state index in [4.69, 9.17) is 0 Å². The smallest absolute Gasteiger partial charge is 0.376 e. The fraction of sp³-hybridized carbons (Fsp3) is 0.263. The summed E-state index contributed by atoms with van der Waals surface area (Å²) < 4.78 is 51.4. The molecule has 1 fully saturated rings. The van der Waals surface area contributed by atoms with Gasteiger partial charge in [-0.3, -0.25) is 9.59 Å². The number of halogens is 4. The first-order chi connectivity index (χ1) is 13.2. The molecule has 0 bridgehead atoms. The van der Waals surface area contributed by atoms with Gasteiger partial charge in [0.1, 0.15) is 5.82 Å². The van der Waals surface area contributed by atoms with E-state index in [0.717, 1.165) is 18.9 Å². The van der Waals surface area contributed by atoms with Gasteiger partial charge < -0.3 is 16.0 Å². The number of hydrogen-bond acceptors (Lipinski definition) is 3. The molecule has 2 aromatic rings. The van der Waals surface area contributed by atoms with Crippen molar-refractivity contribution >= 4 is 23.2 Å². The molecule has 2 aromatic carbocycles. The highest BCUT2D eigenvalue weighted by Gasteiger charge is 2.34. The summed E-state index contributed by atoms with van der Waals surface area (Å²) in [7, 11) is 0. The molecule has 0 atom stereocenters. The van der Waals surface area contributed by atoms with Gasteiger partial charge in [0.2, 0.25) is 5.91 Å². The molecule has 1 saturated carbocycles. The predicted molar refractivity (Wildman–Crippen MR) is 95.5 cm³/mol. The Balaban J connectivity index is 1.58. The van der Waals surface area contributed by atoms with E-state index in [-0.39, 0.29) is 24.2 Å². The van der Waals surface area contributed by atoms with Crippen LogP contribution in [0.1, 0.15) is 28.8 Å². The van der Waals surface area contributed by atoms with Gasteiger partial charge in [-0.1, -0.05) is 6.07 Å². The summed E-state index contributed by atoms with van der Waals surface area (Å²) >= 11 is 0. The number of rotatable bonds is 6. The van der Waals surface area contributed by atoms with Crippen molar-refractivity contribution in [3.8, 4) is 0 Å². The van der Waals surface area contributed by atoms with Gasteiger partial charge in [0.25, 0.3) is 5.91 Å². The van der Waals surface area contributed by atoms with Gasteiger partial charge in [-0.25, -0.2) is 4.39 Å². The Kier molecular flexibility index (Phi) is 5.53. The molecule has 0 heterocycles. The van der Waals surface area contributed by atoms with E-state index in [2.05, 4.69) is 16.0 Å². The van der Waals surface area contributed by atoms with E-state index in [1.807, 2.05) is 0 Å². The minimum absolute atomic E-state index is 0.0403. The Hall–Kier alpha value is -3.10. The fourth-order valence-electron chi connectivity index (χ4n) is 2.47. The van der Waals surface area contributed by atoms with Gasteiger partial charge in [-0.05, 0) is 49.2 Å². The molecule has 3 N–H and O–H groups in total. The first-order valence-corrected chi connectivity index (χ1v) is 8.54. The third kappa shape index (κ3) is 5.21. The van der Waals surface area contributed by atoms with Gasteiger partial charge in [-0.15, -0.1) is 0 Å². The molecule has 28 heavy (non-hydrogen) atoms. The third-order valence-corrected chi connectivity index (χ3v) is 4.05. The van der Waals surface area contributed by atoms with Crippen molar-refractivity contribution < 1.29 is 27.2 Å². The normalized spacial score (nSPS) is 13.7. The summed E-state index contributed by atoms with van der Waals surface area (Å²) in [5.74, 6) is -2.15. The van der Waals surface area contributed by atoms with Crippen LogP contribution in [0.2, 0.25) is 0 Å². The van der Waals surface area contributed by atoms with Crippen LogP contribution in [-0.2, 0) is 11.0 Å². The molecule has 0 unspecified atom stereocenters. The number of nitrogens with one attached hydrogen (secondary N) is 3. The topological polar surface area (TPSA) is 70.2 Å². The minimum Gasteiger partial charge on any atom is -0.376 e. The number of anilines is 2. The summed E-state index contributed by atoms with van der Waals surface area (Å²) in [5.41, 5.74) is -0.676. The molecular formula is C19H17F4N3O2. The predicted octanol–water partition coefficient (Wildman–Crippen LogP) is 3.79. The van der Waals surface area contributed by atoms with Gasteiger partial charge in [0, 0.05) is 23.0 Å². The maximum Gasteiger partial charge on any atom is 0.419 e. The molecule has 9 heteroatoms. The van der Waals surface area contributed by atoms with Crippen LogP contribution in [0.15, 0.2) is 42.5 Å². The first kappa shape index (κ1) is 19.7. The van der Waals surface area contributed by atoms with Gasteiger partial charge in [0.05, 0.1) is 12.1 Å². The second-order valence-electron chi connectivity index (χ2n) is 6.42. The third-order valence-electron chi connectivity index (χ3n) is 4.05. The van der Waals surface area contributed by atoms with E-state index in [0.29, 0.717) is 23.4 Å². The van der Waals surface area contributed by atoms with Crippen molar-refractivity contribution in [1.82, 2.24) is 5.32 Å². The van der Waals surface area contributed by atoms with Crippen molar-refractivity contribution in [2.75, 3.05) is 17.2 Å². The van der Waals surface area contributed by atoms with Crippen LogP contribution in [0.5, 0.6) is 0 Å². The molecule has 0 spiro atoms. The van der Waals surface area contributed by atoms with Gasteiger partial charge in [-0.2, -0.15) is 13.2 Å². The molecular weight excluding hydrogens is 378 g/mol.